The Hall–Kier alpha value is -2.06. The molecular weight excluding hydrogens is 344 g/mol. The highest BCUT2D eigenvalue weighted by molar-refractivity contribution is 8.00. The molecule has 2 rings (SSSR count). The molecule has 1 aromatic carbocycles. The Balaban J connectivity index is 2.02. The third-order valence-electron chi connectivity index (χ3n) is 3.42. The molecule has 2 amide bonds. The van der Waals surface area contributed by atoms with Gasteiger partial charge >= 0.3 is 5.97 Å². The molecule has 1 aliphatic rings. The van der Waals surface area contributed by atoms with Crippen LogP contribution < -0.4 is 10.6 Å². The minimum atomic E-state index is -1.12. The van der Waals surface area contributed by atoms with Crippen LogP contribution in [0.5, 0.6) is 0 Å². The maximum Gasteiger partial charge on any atom is 0.326 e. The van der Waals surface area contributed by atoms with Crippen molar-refractivity contribution in [3.8, 4) is 0 Å². The van der Waals surface area contributed by atoms with Crippen molar-refractivity contribution in [1.29, 1.82) is 0 Å². The predicted molar refractivity (Wildman–Crippen MR) is 95.0 cm³/mol. The highest BCUT2D eigenvalue weighted by Gasteiger charge is 2.23. The van der Waals surface area contributed by atoms with Crippen LogP contribution in [0.2, 0.25) is 0 Å². The lowest BCUT2D eigenvalue weighted by Gasteiger charge is -2.22. The number of hydrogen-bond donors (Lipinski definition) is 3. The van der Waals surface area contributed by atoms with Gasteiger partial charge in [0.15, 0.2) is 0 Å². The van der Waals surface area contributed by atoms with Gasteiger partial charge in [-0.05, 0) is 39.0 Å². The van der Waals surface area contributed by atoms with E-state index in [1.165, 1.54) is 11.8 Å². The van der Waals surface area contributed by atoms with E-state index in [0.717, 1.165) is 4.90 Å². The molecule has 1 unspecified atom stereocenters. The predicted octanol–water partition coefficient (Wildman–Crippen LogP) is 2.12. The Bertz CT molecular complexity index is 684. The number of anilines is 1. The van der Waals surface area contributed by atoms with Crippen LogP contribution >= 0.6 is 11.8 Å². The molecule has 8 heteroatoms. The van der Waals surface area contributed by atoms with Crippen LogP contribution in [0.1, 0.15) is 37.6 Å². The van der Waals surface area contributed by atoms with E-state index in [1.807, 2.05) is 20.8 Å². The molecule has 0 fully saturated rings. The van der Waals surface area contributed by atoms with Crippen LogP contribution in [-0.4, -0.2) is 46.9 Å². The smallest absolute Gasteiger partial charge is 0.326 e. The Morgan fingerprint density at radius 3 is 2.76 bits per heavy atom. The fourth-order valence-electron chi connectivity index (χ4n) is 2.21. The molecule has 7 nitrogen and oxygen atoms in total. The van der Waals surface area contributed by atoms with Crippen LogP contribution in [0.25, 0.3) is 0 Å². The van der Waals surface area contributed by atoms with Crippen molar-refractivity contribution in [3.05, 3.63) is 23.8 Å². The monoisotopic (exact) mass is 366 g/mol. The Kier molecular flexibility index (Phi) is 6.07. The first-order chi connectivity index (χ1) is 11.7. The first-order valence-electron chi connectivity index (χ1n) is 7.90. The van der Waals surface area contributed by atoms with Gasteiger partial charge in [0.2, 0.25) is 5.91 Å². The number of fused-ring (bicyclic) bond motifs is 1. The lowest BCUT2D eigenvalue weighted by Crippen LogP contribution is -2.42. The summed E-state index contributed by atoms with van der Waals surface area (Å²) in [6, 6.07) is 3.87. The van der Waals surface area contributed by atoms with Gasteiger partial charge in [-0.2, -0.15) is 0 Å². The summed E-state index contributed by atoms with van der Waals surface area (Å²) >= 11 is 1.39. The average Bonchev–Trinajstić information content (AvgIpc) is 2.51. The molecule has 136 valence electrons. The molecule has 25 heavy (non-hydrogen) atoms. The van der Waals surface area contributed by atoms with Crippen molar-refractivity contribution in [2.75, 3.05) is 17.7 Å². The summed E-state index contributed by atoms with van der Waals surface area (Å²) in [6.45, 7) is 5.85. The Labute approximate surface area is 150 Å². The summed E-state index contributed by atoms with van der Waals surface area (Å²) in [5.74, 6) is -1.41. The number of aliphatic carboxylic acids is 1. The van der Waals surface area contributed by atoms with Gasteiger partial charge in [-0.25, -0.2) is 4.79 Å². The van der Waals surface area contributed by atoms with E-state index in [1.54, 1.807) is 18.2 Å². The molecule has 1 atom stereocenters. The second-order valence-electron chi connectivity index (χ2n) is 6.66. The van der Waals surface area contributed by atoms with E-state index in [9.17, 15) is 19.5 Å². The number of carboxylic acids is 1. The first kappa shape index (κ1) is 19.3. The highest BCUT2D eigenvalue weighted by atomic mass is 32.2. The zero-order chi connectivity index (χ0) is 18.6. The van der Waals surface area contributed by atoms with E-state index in [4.69, 9.17) is 4.74 Å². The molecule has 0 aliphatic carbocycles. The number of ether oxygens (including phenoxy) is 1. The number of amides is 2. The van der Waals surface area contributed by atoms with E-state index in [2.05, 4.69) is 10.6 Å². The van der Waals surface area contributed by atoms with Gasteiger partial charge in [0.25, 0.3) is 5.91 Å². The molecule has 0 aromatic heterocycles. The summed E-state index contributed by atoms with van der Waals surface area (Å²) in [7, 11) is 0. The second-order valence-corrected chi connectivity index (χ2v) is 7.68. The van der Waals surface area contributed by atoms with Crippen molar-refractivity contribution in [2.45, 2.75) is 43.7 Å². The third kappa shape index (κ3) is 5.75. The number of nitrogens with one attached hydrogen (secondary N) is 2. The minimum Gasteiger partial charge on any atom is -0.480 e. The lowest BCUT2D eigenvalue weighted by molar-refractivity contribution is -0.140. The summed E-state index contributed by atoms with van der Waals surface area (Å²) < 4.78 is 5.52. The number of thioether (sulfide) groups is 1. The lowest BCUT2D eigenvalue weighted by atomic mass is 10.1. The van der Waals surface area contributed by atoms with Gasteiger partial charge in [-0.15, -0.1) is 11.8 Å². The van der Waals surface area contributed by atoms with Gasteiger partial charge < -0.3 is 20.5 Å². The molecule has 0 saturated carbocycles. The van der Waals surface area contributed by atoms with Crippen molar-refractivity contribution < 1.29 is 24.2 Å². The highest BCUT2D eigenvalue weighted by Crippen LogP contribution is 2.31. The number of carboxylic acid groups (broad SMARTS) is 1. The van der Waals surface area contributed by atoms with E-state index >= 15 is 0 Å². The number of carbonyl (C=O) groups is 3. The molecule has 1 aliphatic heterocycles. The minimum absolute atomic E-state index is 0.127. The van der Waals surface area contributed by atoms with Crippen LogP contribution in [-0.2, 0) is 14.3 Å². The van der Waals surface area contributed by atoms with Crippen LogP contribution in [0, 0.1) is 0 Å². The fraction of sp³-hybridized carbons (Fsp3) is 0.471. The van der Waals surface area contributed by atoms with Gasteiger partial charge in [-0.1, -0.05) is 0 Å². The molecule has 1 heterocycles. The average molecular weight is 366 g/mol. The van der Waals surface area contributed by atoms with Gasteiger partial charge in [0.1, 0.15) is 6.04 Å². The zero-order valence-electron chi connectivity index (χ0n) is 14.4. The molecule has 0 bridgehead atoms. The molecule has 0 saturated heterocycles. The van der Waals surface area contributed by atoms with Crippen molar-refractivity contribution >= 4 is 35.2 Å². The van der Waals surface area contributed by atoms with Gasteiger partial charge in [0, 0.05) is 23.5 Å². The summed E-state index contributed by atoms with van der Waals surface area (Å²) in [4.78, 5) is 36.0. The second kappa shape index (κ2) is 7.88. The topological polar surface area (TPSA) is 105 Å². The molecule has 1 aromatic rings. The molecular formula is C17H22N2O5S. The fourth-order valence-corrected chi connectivity index (χ4v) is 2.99. The molecule has 3 N–H and O–H groups in total. The van der Waals surface area contributed by atoms with Crippen molar-refractivity contribution in [1.82, 2.24) is 5.32 Å². The van der Waals surface area contributed by atoms with Gasteiger partial charge in [-0.3, -0.25) is 9.59 Å². The number of benzene rings is 1. The maximum absolute atomic E-state index is 12.4. The number of carbonyl (C=O) groups excluding carboxylic acids is 2. The van der Waals surface area contributed by atoms with E-state index in [-0.39, 0.29) is 24.5 Å². The molecule has 0 radical (unpaired) electrons. The normalized spacial score (nSPS) is 15.1. The van der Waals surface area contributed by atoms with Crippen LogP contribution in [0.4, 0.5) is 5.69 Å². The summed E-state index contributed by atoms with van der Waals surface area (Å²) in [5, 5.41) is 14.5. The van der Waals surface area contributed by atoms with Gasteiger partial charge in [0.05, 0.1) is 17.0 Å². The zero-order valence-corrected chi connectivity index (χ0v) is 15.2. The largest absolute Gasteiger partial charge is 0.480 e. The van der Waals surface area contributed by atoms with E-state index < -0.39 is 17.9 Å². The standard InChI is InChI=1S/C17H22N2O5S/c1-17(2,3)24-7-6-11(16(22)23)19-15(21)10-4-5-13-12(8-10)18-14(20)9-25-13/h4-5,8,11H,6-7,9H2,1-3H3,(H,18,20)(H,19,21)(H,22,23). The number of rotatable bonds is 6. The summed E-state index contributed by atoms with van der Waals surface area (Å²) in [6.07, 6.45) is 0.163. The van der Waals surface area contributed by atoms with Crippen LogP contribution in [0.15, 0.2) is 23.1 Å². The summed E-state index contributed by atoms with van der Waals surface area (Å²) in [5.41, 5.74) is 0.489. The van der Waals surface area contributed by atoms with Crippen molar-refractivity contribution in [2.24, 2.45) is 0 Å². The molecule has 0 spiro atoms. The SMILES string of the molecule is CC(C)(C)OCCC(NC(=O)c1ccc2c(c1)NC(=O)CS2)C(=O)O. The van der Waals surface area contributed by atoms with Crippen molar-refractivity contribution in [3.63, 3.8) is 0 Å². The number of hydrogen-bond acceptors (Lipinski definition) is 5. The van der Waals surface area contributed by atoms with E-state index in [0.29, 0.717) is 17.0 Å². The maximum atomic E-state index is 12.4. The third-order valence-corrected chi connectivity index (χ3v) is 4.49. The first-order valence-corrected chi connectivity index (χ1v) is 8.88. The Morgan fingerprint density at radius 1 is 1.40 bits per heavy atom. The quantitative estimate of drug-likeness (QED) is 0.712. The van der Waals surface area contributed by atoms with Crippen LogP contribution in [0.3, 0.4) is 0 Å². The Morgan fingerprint density at radius 2 is 2.12 bits per heavy atom.